The molecule has 7 nitrogen and oxygen atoms in total. The van der Waals surface area contributed by atoms with Gasteiger partial charge in [0.1, 0.15) is 12.3 Å². The van der Waals surface area contributed by atoms with Crippen LogP contribution in [0.3, 0.4) is 0 Å². The number of carbonyl (C=O) groups excluding carboxylic acids is 2. The van der Waals surface area contributed by atoms with Crippen LogP contribution < -0.4 is 9.54 Å². The number of thiazole rings is 1. The van der Waals surface area contributed by atoms with Crippen LogP contribution in [-0.2, 0) is 16.1 Å². The lowest BCUT2D eigenvalue weighted by Gasteiger charge is -2.07. The second kappa shape index (κ2) is 9.20. The highest BCUT2D eigenvalue weighted by Gasteiger charge is 2.16. The summed E-state index contributed by atoms with van der Waals surface area (Å²) in [6.45, 7) is -0.0630. The van der Waals surface area contributed by atoms with E-state index < -0.39 is 11.9 Å². The Morgan fingerprint density at radius 1 is 1.06 bits per heavy atom. The van der Waals surface area contributed by atoms with Crippen molar-refractivity contribution in [3.8, 4) is 16.3 Å². The SMILES string of the molecule is COC(=O)Cn1c(=NC(=O)c2cc(-c3cccs3)nc3ccccc23)sc2cc(OC)ccc21. The Hall–Kier alpha value is -3.82. The second-order valence-electron chi connectivity index (χ2n) is 7.35. The van der Waals surface area contributed by atoms with Crippen LogP contribution in [0.5, 0.6) is 5.75 Å². The molecule has 3 aromatic heterocycles. The van der Waals surface area contributed by atoms with E-state index in [1.54, 1.807) is 35.1 Å². The number of fused-ring (bicyclic) bond motifs is 2. The molecule has 170 valence electrons. The number of pyridine rings is 1. The van der Waals surface area contributed by atoms with Crippen LogP contribution in [0.15, 0.2) is 71.0 Å². The number of para-hydroxylation sites is 1. The van der Waals surface area contributed by atoms with E-state index in [9.17, 15) is 9.59 Å². The Labute approximate surface area is 202 Å². The summed E-state index contributed by atoms with van der Waals surface area (Å²) in [7, 11) is 2.92. The molecule has 5 rings (SSSR count). The molecule has 0 aliphatic carbocycles. The normalized spacial score (nSPS) is 11.8. The van der Waals surface area contributed by atoms with Crippen LogP contribution in [0.1, 0.15) is 10.4 Å². The largest absolute Gasteiger partial charge is 0.497 e. The number of amides is 1. The van der Waals surface area contributed by atoms with Gasteiger partial charge in [-0.05, 0) is 41.8 Å². The predicted molar refractivity (Wildman–Crippen MR) is 133 cm³/mol. The fraction of sp³-hybridized carbons (Fsp3) is 0.120. The van der Waals surface area contributed by atoms with Crippen molar-refractivity contribution in [1.29, 1.82) is 0 Å². The lowest BCUT2D eigenvalue weighted by atomic mass is 10.1. The highest BCUT2D eigenvalue weighted by molar-refractivity contribution is 7.16. The van der Waals surface area contributed by atoms with Crippen LogP contribution in [0.4, 0.5) is 0 Å². The monoisotopic (exact) mass is 489 g/mol. The number of esters is 1. The summed E-state index contributed by atoms with van der Waals surface area (Å²) in [5.41, 5.74) is 2.65. The van der Waals surface area contributed by atoms with E-state index in [0.29, 0.717) is 16.1 Å². The molecule has 0 saturated carbocycles. The maximum Gasteiger partial charge on any atom is 0.325 e. The zero-order chi connectivity index (χ0) is 23.7. The standard InChI is InChI=1S/C25H19N3O4S2/c1-31-15-9-10-20-22(12-15)34-25(28(20)14-23(29)32-2)27-24(30)17-13-19(21-8-5-11-33-21)26-18-7-4-3-6-16(17)18/h3-13H,14H2,1-2H3. The highest BCUT2D eigenvalue weighted by atomic mass is 32.1. The minimum Gasteiger partial charge on any atom is -0.497 e. The molecule has 0 radical (unpaired) electrons. The van der Waals surface area contributed by atoms with Gasteiger partial charge in [-0.3, -0.25) is 9.59 Å². The molecule has 3 heterocycles. The third kappa shape index (κ3) is 4.11. The average Bonchev–Trinajstić information content (AvgIpc) is 3.51. The molecule has 0 aliphatic heterocycles. The third-order valence-corrected chi connectivity index (χ3v) is 7.26. The van der Waals surface area contributed by atoms with E-state index in [2.05, 4.69) is 4.99 Å². The van der Waals surface area contributed by atoms with Crippen LogP contribution in [0.25, 0.3) is 31.7 Å². The van der Waals surface area contributed by atoms with Gasteiger partial charge >= 0.3 is 5.97 Å². The van der Waals surface area contributed by atoms with Gasteiger partial charge in [-0.15, -0.1) is 11.3 Å². The molecule has 0 aliphatic rings. The predicted octanol–water partition coefficient (Wildman–Crippen LogP) is 4.90. The molecule has 2 aromatic carbocycles. The van der Waals surface area contributed by atoms with Gasteiger partial charge in [0.2, 0.25) is 0 Å². The van der Waals surface area contributed by atoms with E-state index in [1.807, 2.05) is 53.9 Å². The fourth-order valence-electron chi connectivity index (χ4n) is 3.66. The van der Waals surface area contributed by atoms with Crippen molar-refractivity contribution in [3.05, 3.63) is 76.4 Å². The highest BCUT2D eigenvalue weighted by Crippen LogP contribution is 2.28. The van der Waals surface area contributed by atoms with E-state index in [-0.39, 0.29) is 6.54 Å². The van der Waals surface area contributed by atoms with E-state index in [0.717, 1.165) is 31.7 Å². The van der Waals surface area contributed by atoms with Gasteiger partial charge in [0.05, 0.1) is 46.1 Å². The molecule has 0 saturated heterocycles. The first-order valence-corrected chi connectivity index (χ1v) is 12.0. The Morgan fingerprint density at radius 2 is 1.91 bits per heavy atom. The minimum atomic E-state index is -0.432. The summed E-state index contributed by atoms with van der Waals surface area (Å²) < 4.78 is 12.7. The summed E-state index contributed by atoms with van der Waals surface area (Å²) >= 11 is 2.87. The lowest BCUT2D eigenvalue weighted by Crippen LogP contribution is -2.22. The van der Waals surface area contributed by atoms with E-state index in [1.165, 1.54) is 18.4 Å². The number of benzene rings is 2. The topological polar surface area (TPSA) is 82.8 Å². The van der Waals surface area contributed by atoms with Crippen molar-refractivity contribution >= 4 is 55.7 Å². The molecule has 5 aromatic rings. The van der Waals surface area contributed by atoms with Crippen molar-refractivity contribution in [2.24, 2.45) is 4.99 Å². The molecule has 0 N–H and O–H groups in total. The molecule has 0 atom stereocenters. The number of hydrogen-bond donors (Lipinski definition) is 0. The van der Waals surface area contributed by atoms with Crippen LogP contribution in [0.2, 0.25) is 0 Å². The van der Waals surface area contributed by atoms with Gasteiger partial charge in [-0.25, -0.2) is 4.98 Å². The van der Waals surface area contributed by atoms with Crippen LogP contribution in [-0.4, -0.2) is 35.6 Å². The van der Waals surface area contributed by atoms with Crippen molar-refractivity contribution in [3.63, 3.8) is 0 Å². The van der Waals surface area contributed by atoms with Crippen LogP contribution >= 0.6 is 22.7 Å². The number of rotatable bonds is 5. The second-order valence-corrected chi connectivity index (χ2v) is 9.30. The van der Waals surface area contributed by atoms with Gasteiger partial charge < -0.3 is 14.0 Å². The number of aromatic nitrogens is 2. The number of carbonyl (C=O) groups is 2. The average molecular weight is 490 g/mol. The minimum absolute atomic E-state index is 0.0630. The maximum absolute atomic E-state index is 13.5. The number of thiophene rings is 1. The van der Waals surface area contributed by atoms with E-state index in [4.69, 9.17) is 14.5 Å². The third-order valence-electron chi connectivity index (χ3n) is 5.32. The first-order valence-electron chi connectivity index (χ1n) is 10.3. The number of hydrogen-bond acceptors (Lipinski definition) is 7. The summed E-state index contributed by atoms with van der Waals surface area (Å²) in [5.74, 6) is -0.162. The first kappa shape index (κ1) is 22.0. The van der Waals surface area contributed by atoms with Crippen molar-refractivity contribution in [2.45, 2.75) is 6.54 Å². The molecule has 0 unspecified atom stereocenters. The molecular weight excluding hydrogens is 470 g/mol. The van der Waals surface area contributed by atoms with Gasteiger partial charge in [0, 0.05) is 5.39 Å². The van der Waals surface area contributed by atoms with Crippen molar-refractivity contribution in [1.82, 2.24) is 9.55 Å². The number of nitrogens with zero attached hydrogens (tertiary/aromatic N) is 3. The van der Waals surface area contributed by atoms with E-state index >= 15 is 0 Å². The Morgan fingerprint density at radius 3 is 2.68 bits per heavy atom. The molecular formula is C25H19N3O4S2. The van der Waals surface area contributed by atoms with Crippen molar-refractivity contribution in [2.75, 3.05) is 14.2 Å². The Bertz CT molecular complexity index is 1600. The van der Waals surface area contributed by atoms with Gasteiger partial charge in [0.15, 0.2) is 4.80 Å². The zero-order valence-electron chi connectivity index (χ0n) is 18.3. The summed E-state index contributed by atoms with van der Waals surface area (Å²) in [6, 6.07) is 18.7. The maximum atomic E-state index is 13.5. The summed E-state index contributed by atoms with van der Waals surface area (Å²) in [6.07, 6.45) is 0. The molecule has 0 fully saturated rings. The van der Waals surface area contributed by atoms with Gasteiger partial charge in [0.25, 0.3) is 5.91 Å². The fourth-order valence-corrected chi connectivity index (χ4v) is 5.40. The molecule has 34 heavy (non-hydrogen) atoms. The first-order chi connectivity index (χ1) is 16.6. The lowest BCUT2D eigenvalue weighted by molar-refractivity contribution is -0.141. The summed E-state index contributed by atoms with van der Waals surface area (Å²) in [5, 5.41) is 2.69. The zero-order valence-corrected chi connectivity index (χ0v) is 20.0. The molecule has 0 spiro atoms. The molecule has 0 bridgehead atoms. The number of methoxy groups -OCH3 is 2. The Kier molecular flexibility index (Phi) is 5.95. The van der Waals surface area contributed by atoms with Gasteiger partial charge in [-0.2, -0.15) is 4.99 Å². The number of ether oxygens (including phenoxy) is 2. The summed E-state index contributed by atoms with van der Waals surface area (Å²) in [4.78, 5) is 36.2. The molecule has 1 amide bonds. The smallest absolute Gasteiger partial charge is 0.325 e. The van der Waals surface area contributed by atoms with Crippen molar-refractivity contribution < 1.29 is 19.1 Å². The van der Waals surface area contributed by atoms with Crippen LogP contribution in [0, 0.1) is 0 Å². The quantitative estimate of drug-likeness (QED) is 0.328. The van der Waals surface area contributed by atoms with Gasteiger partial charge in [-0.1, -0.05) is 35.6 Å². The molecule has 9 heteroatoms. The Balaban J connectivity index is 1.70.